The van der Waals surface area contributed by atoms with Crippen LogP contribution in [0, 0.1) is 0 Å². The normalized spacial score (nSPS) is 11.6. The van der Waals surface area contributed by atoms with Crippen LogP contribution in [0.2, 0.25) is 0 Å². The number of carbonyl (C=O) groups excluding carboxylic acids is 1. The third-order valence-corrected chi connectivity index (χ3v) is 6.68. The van der Waals surface area contributed by atoms with Gasteiger partial charge in [-0.2, -0.15) is 13.2 Å². The highest BCUT2D eigenvalue weighted by Crippen LogP contribution is 2.53. The highest BCUT2D eigenvalue weighted by molar-refractivity contribution is 7.55. The molecule has 1 atom stereocenters. The molecule has 1 amide bonds. The van der Waals surface area contributed by atoms with Crippen LogP contribution in [0.5, 0.6) is 11.5 Å². The summed E-state index contributed by atoms with van der Waals surface area (Å²) in [6, 6.07) is 24.1. The summed E-state index contributed by atoms with van der Waals surface area (Å²) < 4.78 is 62.4. The molecule has 0 spiro atoms. The lowest BCUT2D eigenvalue weighted by Crippen LogP contribution is -2.38. The van der Waals surface area contributed by atoms with Crippen molar-refractivity contribution in [3.8, 4) is 11.5 Å². The van der Waals surface area contributed by atoms with Crippen molar-refractivity contribution in [1.29, 1.82) is 0 Å². The molecule has 3 aromatic carbocycles. The van der Waals surface area contributed by atoms with Crippen molar-refractivity contribution in [1.82, 2.24) is 5.32 Å². The lowest BCUT2D eigenvalue weighted by atomic mass is 10.1. The Balaban J connectivity index is 0.000000708. The fourth-order valence-electron chi connectivity index (χ4n) is 2.92. The summed E-state index contributed by atoms with van der Waals surface area (Å²) in [5.74, 6) is -3.23. The predicted octanol–water partition coefficient (Wildman–Crippen LogP) is 4.80. The number of carboxylic acid groups (broad SMARTS) is 1. The number of alkyl halides is 3. The monoisotopic (exact) mass is 582 g/mol. The van der Waals surface area contributed by atoms with E-state index in [1.54, 1.807) is 84.9 Å². The Labute approximate surface area is 227 Å². The van der Waals surface area contributed by atoms with Crippen molar-refractivity contribution in [2.45, 2.75) is 18.4 Å². The minimum atomic E-state index is -5.08. The van der Waals surface area contributed by atoms with E-state index in [4.69, 9.17) is 35.2 Å². The van der Waals surface area contributed by atoms with Crippen molar-refractivity contribution in [2.24, 2.45) is 16.5 Å². The van der Waals surface area contributed by atoms with Gasteiger partial charge in [-0.3, -0.25) is 0 Å². The Kier molecular flexibility index (Phi) is 11.4. The van der Waals surface area contributed by atoms with Crippen LogP contribution >= 0.6 is 7.60 Å². The third kappa shape index (κ3) is 10.6. The molecule has 0 aliphatic heterocycles. The molecule has 0 aromatic heterocycles. The van der Waals surface area contributed by atoms with Gasteiger partial charge in [0.25, 0.3) is 0 Å². The Morgan fingerprint density at radius 3 is 1.75 bits per heavy atom. The van der Waals surface area contributed by atoms with Crippen molar-refractivity contribution >= 4 is 31.3 Å². The van der Waals surface area contributed by atoms with Crippen molar-refractivity contribution in [3.63, 3.8) is 0 Å². The van der Waals surface area contributed by atoms with Crippen LogP contribution in [-0.2, 0) is 20.5 Å². The van der Waals surface area contributed by atoms with Crippen molar-refractivity contribution < 1.29 is 46.2 Å². The van der Waals surface area contributed by atoms with Crippen LogP contribution in [0.1, 0.15) is 5.56 Å². The van der Waals surface area contributed by atoms with Gasteiger partial charge in [-0.05, 0) is 42.0 Å². The van der Waals surface area contributed by atoms with E-state index >= 15 is 0 Å². The number of alkyl carbamates (subject to hydrolysis) is 1. The van der Waals surface area contributed by atoms with Crippen LogP contribution < -0.4 is 25.8 Å². The summed E-state index contributed by atoms with van der Waals surface area (Å²) in [4.78, 5) is 25.0. The maximum absolute atomic E-state index is 14.2. The number of carboxylic acids is 1. The molecule has 3 aromatic rings. The second-order valence-corrected chi connectivity index (χ2v) is 9.78. The molecule has 15 heteroatoms. The molecule has 40 heavy (non-hydrogen) atoms. The van der Waals surface area contributed by atoms with E-state index in [9.17, 15) is 22.5 Å². The molecule has 11 nitrogen and oxygen atoms in total. The minimum absolute atomic E-state index is 0.0648. The zero-order valence-corrected chi connectivity index (χ0v) is 21.8. The molecular weight excluding hydrogens is 556 g/mol. The van der Waals surface area contributed by atoms with Gasteiger partial charge in [0.2, 0.25) is 0 Å². The summed E-state index contributed by atoms with van der Waals surface area (Å²) in [7, 11) is -2.80. The van der Waals surface area contributed by atoms with Gasteiger partial charge < -0.3 is 35.7 Å². The lowest BCUT2D eigenvalue weighted by Gasteiger charge is -2.28. The summed E-state index contributed by atoms with van der Waals surface area (Å²) >= 11 is 0. The number of nitrogens with two attached hydrogens (primary N) is 2. The largest absolute Gasteiger partial charge is 0.490 e. The lowest BCUT2D eigenvalue weighted by molar-refractivity contribution is -0.192. The molecule has 0 saturated carbocycles. The van der Waals surface area contributed by atoms with Gasteiger partial charge in [-0.25, -0.2) is 19.1 Å². The third-order valence-electron chi connectivity index (χ3n) is 4.67. The van der Waals surface area contributed by atoms with Gasteiger partial charge in [0.1, 0.15) is 11.5 Å². The Morgan fingerprint density at radius 1 is 0.925 bits per heavy atom. The Bertz CT molecular complexity index is 1280. The second kappa shape index (κ2) is 14.4. The van der Waals surface area contributed by atoms with Gasteiger partial charge in [0.15, 0.2) is 11.7 Å². The number of halogens is 3. The SMILES string of the molecule is COC(=O)NC(Cc1ccc(N=C(N)N)cc1)P(=O)(Oc1ccccc1)Oc1ccccc1.O=C(O)C(F)(F)F. The molecule has 0 fully saturated rings. The summed E-state index contributed by atoms with van der Waals surface area (Å²) in [5, 5.41) is 9.73. The van der Waals surface area contributed by atoms with E-state index in [-0.39, 0.29) is 12.4 Å². The van der Waals surface area contributed by atoms with E-state index in [0.717, 1.165) is 5.56 Å². The van der Waals surface area contributed by atoms with Crippen LogP contribution in [0.15, 0.2) is 89.9 Å². The first-order valence-corrected chi connectivity index (χ1v) is 12.9. The maximum Gasteiger partial charge on any atom is 0.490 e. The molecule has 3 rings (SSSR count). The fourth-order valence-corrected chi connectivity index (χ4v) is 4.74. The zero-order chi connectivity index (χ0) is 29.8. The van der Waals surface area contributed by atoms with Gasteiger partial charge in [-0.15, -0.1) is 0 Å². The number of nitrogens with one attached hydrogen (secondary N) is 1. The average Bonchev–Trinajstić information content (AvgIpc) is 2.90. The van der Waals surface area contributed by atoms with Crippen molar-refractivity contribution in [3.05, 3.63) is 90.5 Å². The summed E-state index contributed by atoms with van der Waals surface area (Å²) in [6.45, 7) is 0. The van der Waals surface area contributed by atoms with Gasteiger partial charge >= 0.3 is 25.8 Å². The molecule has 214 valence electrons. The number of ether oxygens (including phenoxy) is 1. The number of benzene rings is 3. The highest BCUT2D eigenvalue weighted by atomic mass is 31.2. The van der Waals surface area contributed by atoms with Crippen LogP contribution in [-0.4, -0.2) is 42.2 Å². The molecule has 1 unspecified atom stereocenters. The van der Waals surface area contributed by atoms with E-state index in [1.165, 1.54) is 7.11 Å². The standard InChI is InChI=1S/C23H25N4O5P.C2HF3O2/c1-30-23(28)27-21(16-17-12-14-18(15-13-17)26-22(24)25)33(29,31-19-8-4-2-5-9-19)32-20-10-6-3-7-11-20;3-2(4,5)1(6)7/h2-15,21H,16H2,1H3,(H,27,28)(H4,24,25,26);(H,6,7). The Morgan fingerprint density at radius 2 is 1.38 bits per heavy atom. The molecular formula is C25H26F3N4O7P. The van der Waals surface area contributed by atoms with E-state index < -0.39 is 31.6 Å². The number of guanidine groups is 1. The first-order chi connectivity index (χ1) is 18.8. The molecule has 0 saturated heterocycles. The fraction of sp³-hybridized carbons (Fsp3) is 0.160. The summed E-state index contributed by atoms with van der Waals surface area (Å²) in [6.07, 6.45) is -5.74. The number of aliphatic carboxylic acids is 1. The highest BCUT2D eigenvalue weighted by Gasteiger charge is 2.41. The zero-order valence-electron chi connectivity index (χ0n) is 20.9. The first kappa shape index (κ1) is 31.5. The number of hydrogen-bond donors (Lipinski definition) is 4. The predicted molar refractivity (Wildman–Crippen MR) is 140 cm³/mol. The summed E-state index contributed by atoms with van der Waals surface area (Å²) in [5.41, 5.74) is 12.1. The first-order valence-electron chi connectivity index (χ1n) is 11.2. The van der Waals surface area contributed by atoms with E-state index in [2.05, 4.69) is 10.3 Å². The van der Waals surface area contributed by atoms with Crippen LogP contribution in [0.4, 0.5) is 23.7 Å². The van der Waals surface area contributed by atoms with Crippen LogP contribution in [0.25, 0.3) is 0 Å². The number of amides is 1. The molecule has 6 N–H and O–H groups in total. The Hall–Kier alpha value is -4.71. The van der Waals surface area contributed by atoms with E-state index in [1.807, 2.05) is 0 Å². The number of para-hydroxylation sites is 2. The molecule has 0 bridgehead atoms. The number of rotatable bonds is 9. The smallest absolute Gasteiger partial charge is 0.475 e. The molecule has 0 aliphatic rings. The molecule has 0 aliphatic carbocycles. The van der Waals surface area contributed by atoms with E-state index in [0.29, 0.717) is 17.2 Å². The van der Waals surface area contributed by atoms with Crippen LogP contribution in [0.3, 0.4) is 0 Å². The average molecular weight is 582 g/mol. The number of nitrogens with zero attached hydrogens (tertiary/aromatic N) is 1. The van der Waals surface area contributed by atoms with Gasteiger partial charge in [0.05, 0.1) is 12.8 Å². The number of methoxy groups -OCH3 is 1. The van der Waals surface area contributed by atoms with Gasteiger partial charge in [0, 0.05) is 6.42 Å². The quantitative estimate of drug-likeness (QED) is 0.157. The minimum Gasteiger partial charge on any atom is -0.475 e. The number of aliphatic imine (C=N–C) groups is 1. The van der Waals surface area contributed by atoms with Crippen molar-refractivity contribution in [2.75, 3.05) is 7.11 Å². The molecule has 0 heterocycles. The second-order valence-electron chi connectivity index (χ2n) is 7.71. The number of hydrogen-bond acceptors (Lipinski definition) is 7. The topological polar surface area (TPSA) is 176 Å². The number of carbonyl (C=O) groups is 2. The maximum atomic E-state index is 14.2. The molecule has 0 radical (unpaired) electrons. The van der Waals surface area contributed by atoms with Gasteiger partial charge in [-0.1, -0.05) is 48.5 Å².